The predicted octanol–water partition coefficient (Wildman–Crippen LogP) is 5.95. The first-order valence-electron chi connectivity index (χ1n) is 11.6. The highest BCUT2D eigenvalue weighted by molar-refractivity contribution is 8.00. The first-order valence-corrected chi connectivity index (χ1v) is 12.5. The first-order chi connectivity index (χ1) is 18.4. The summed E-state index contributed by atoms with van der Waals surface area (Å²) in [5.74, 6) is -1.41. The Bertz CT molecular complexity index is 1440. The Morgan fingerprint density at radius 3 is 2.26 bits per heavy atom. The van der Waals surface area contributed by atoms with Crippen LogP contribution in [0.1, 0.15) is 23.0 Å². The molecule has 0 radical (unpaired) electrons. The van der Waals surface area contributed by atoms with E-state index in [0.717, 1.165) is 4.90 Å². The molecular weight excluding hydrogens is 505 g/mol. The topological polar surface area (TPSA) is 100 Å². The molecule has 3 N–H and O–H groups in total. The van der Waals surface area contributed by atoms with Crippen molar-refractivity contribution in [3.05, 3.63) is 120 Å². The van der Waals surface area contributed by atoms with Gasteiger partial charge in [0, 0.05) is 22.2 Å². The number of anilines is 2. The van der Waals surface area contributed by atoms with Gasteiger partial charge in [-0.25, -0.2) is 4.39 Å². The second kappa shape index (κ2) is 12.6. The number of hydrogen-bond acceptors (Lipinski definition) is 5. The Morgan fingerprint density at radius 2 is 1.58 bits per heavy atom. The number of rotatable bonds is 9. The molecule has 0 saturated carbocycles. The summed E-state index contributed by atoms with van der Waals surface area (Å²) in [6.45, 7) is 1.72. The molecule has 38 heavy (non-hydrogen) atoms. The molecule has 0 fully saturated rings. The molecule has 4 aromatic rings. The summed E-state index contributed by atoms with van der Waals surface area (Å²) >= 11 is 1.29. The van der Waals surface area contributed by atoms with E-state index in [0.29, 0.717) is 17.0 Å². The highest BCUT2D eigenvalue weighted by Crippen LogP contribution is 2.26. The van der Waals surface area contributed by atoms with Gasteiger partial charge >= 0.3 is 0 Å². The molecule has 1 heterocycles. The van der Waals surface area contributed by atoms with Crippen molar-refractivity contribution in [2.24, 2.45) is 0 Å². The number of halogens is 1. The largest absolute Gasteiger partial charge is 0.465 e. The smallest absolute Gasteiger partial charge is 0.272 e. The number of furan rings is 1. The van der Waals surface area contributed by atoms with Crippen LogP contribution in [0.2, 0.25) is 0 Å². The van der Waals surface area contributed by atoms with Crippen LogP contribution in [0.25, 0.3) is 6.08 Å². The van der Waals surface area contributed by atoms with E-state index in [2.05, 4.69) is 16.0 Å². The fourth-order valence-electron chi connectivity index (χ4n) is 3.33. The molecule has 0 bridgehead atoms. The Hall–Kier alpha value is -4.63. The quantitative estimate of drug-likeness (QED) is 0.184. The molecule has 3 amide bonds. The average Bonchev–Trinajstić information content (AvgIpc) is 3.44. The van der Waals surface area contributed by atoms with Crippen LogP contribution in [-0.2, 0) is 9.59 Å². The zero-order chi connectivity index (χ0) is 26.9. The van der Waals surface area contributed by atoms with Gasteiger partial charge in [0.25, 0.3) is 11.8 Å². The van der Waals surface area contributed by atoms with E-state index in [1.54, 1.807) is 85.8 Å². The minimum absolute atomic E-state index is 0.00527. The molecule has 7 nitrogen and oxygen atoms in total. The van der Waals surface area contributed by atoms with E-state index in [4.69, 9.17) is 4.42 Å². The van der Waals surface area contributed by atoms with Gasteiger partial charge in [-0.3, -0.25) is 14.4 Å². The van der Waals surface area contributed by atoms with Crippen LogP contribution in [-0.4, -0.2) is 23.0 Å². The number of nitrogens with one attached hydrogen (secondary N) is 3. The van der Waals surface area contributed by atoms with Gasteiger partial charge in [-0.2, -0.15) is 0 Å². The number of para-hydroxylation sites is 1. The third kappa shape index (κ3) is 7.21. The number of carbonyl (C=O) groups is 3. The lowest BCUT2D eigenvalue weighted by molar-refractivity contribution is -0.115. The molecule has 9 heteroatoms. The van der Waals surface area contributed by atoms with Gasteiger partial charge in [-0.05, 0) is 67.6 Å². The number of benzene rings is 3. The van der Waals surface area contributed by atoms with E-state index in [1.807, 2.05) is 0 Å². The van der Waals surface area contributed by atoms with Crippen LogP contribution >= 0.6 is 11.8 Å². The highest BCUT2D eigenvalue weighted by Gasteiger charge is 2.18. The van der Waals surface area contributed by atoms with Crippen molar-refractivity contribution in [3.8, 4) is 0 Å². The van der Waals surface area contributed by atoms with Gasteiger partial charge in [-0.1, -0.05) is 30.3 Å². The third-order valence-corrected chi connectivity index (χ3v) is 6.40. The summed E-state index contributed by atoms with van der Waals surface area (Å²) < 4.78 is 19.1. The summed E-state index contributed by atoms with van der Waals surface area (Å²) in [6.07, 6.45) is 2.91. The van der Waals surface area contributed by atoms with Gasteiger partial charge in [-0.15, -0.1) is 11.8 Å². The third-order valence-electron chi connectivity index (χ3n) is 5.28. The Kier molecular flexibility index (Phi) is 8.73. The monoisotopic (exact) mass is 529 g/mol. The molecule has 192 valence electrons. The SMILES string of the molecule is CC(Sc1ccc(NC(=O)/C(=C/c2ccco2)NC(=O)c2ccccc2)cc1)C(=O)Nc1ccccc1F. The summed E-state index contributed by atoms with van der Waals surface area (Å²) in [5, 5.41) is 7.49. The summed E-state index contributed by atoms with van der Waals surface area (Å²) in [5.41, 5.74) is 1.02. The molecule has 0 saturated heterocycles. The molecule has 0 aliphatic rings. The number of carbonyl (C=O) groups excluding carboxylic acids is 3. The molecular formula is C29H24FN3O4S. The van der Waals surface area contributed by atoms with Crippen molar-refractivity contribution >= 4 is 46.9 Å². The first kappa shape index (κ1) is 26.4. The van der Waals surface area contributed by atoms with E-state index >= 15 is 0 Å². The Labute approximate surface area is 223 Å². The molecule has 4 rings (SSSR count). The van der Waals surface area contributed by atoms with Crippen LogP contribution in [0.4, 0.5) is 15.8 Å². The molecule has 3 aromatic carbocycles. The maximum atomic E-state index is 13.8. The van der Waals surface area contributed by atoms with E-state index in [9.17, 15) is 18.8 Å². The Morgan fingerprint density at radius 1 is 0.868 bits per heavy atom. The second-order valence-electron chi connectivity index (χ2n) is 8.10. The maximum Gasteiger partial charge on any atom is 0.272 e. The zero-order valence-corrected chi connectivity index (χ0v) is 21.1. The second-order valence-corrected chi connectivity index (χ2v) is 9.52. The average molecular weight is 530 g/mol. The fourth-order valence-corrected chi connectivity index (χ4v) is 4.20. The minimum Gasteiger partial charge on any atom is -0.465 e. The van der Waals surface area contributed by atoms with Gasteiger partial charge in [0.1, 0.15) is 17.3 Å². The van der Waals surface area contributed by atoms with Crippen molar-refractivity contribution in [1.29, 1.82) is 0 Å². The molecule has 0 spiro atoms. The molecule has 0 aliphatic heterocycles. The van der Waals surface area contributed by atoms with Crippen molar-refractivity contribution in [3.63, 3.8) is 0 Å². The number of thioether (sulfide) groups is 1. The van der Waals surface area contributed by atoms with Crippen molar-refractivity contribution in [2.45, 2.75) is 17.1 Å². The van der Waals surface area contributed by atoms with Crippen LogP contribution in [0.3, 0.4) is 0 Å². The minimum atomic E-state index is -0.538. The molecule has 1 atom stereocenters. The van der Waals surface area contributed by atoms with Crippen LogP contribution in [0.5, 0.6) is 0 Å². The van der Waals surface area contributed by atoms with Crippen LogP contribution < -0.4 is 16.0 Å². The molecule has 1 unspecified atom stereocenters. The predicted molar refractivity (Wildman–Crippen MR) is 146 cm³/mol. The van der Waals surface area contributed by atoms with Crippen molar-refractivity contribution < 1.29 is 23.2 Å². The number of amides is 3. The normalized spacial score (nSPS) is 11.9. The van der Waals surface area contributed by atoms with E-state index in [1.165, 1.54) is 36.2 Å². The standard InChI is InChI=1S/C29H24FN3O4S/c1-19(27(34)32-25-12-6-5-11-24(25)30)38-23-15-13-21(14-16-23)31-29(36)26(18-22-10-7-17-37-22)33-28(35)20-8-3-2-4-9-20/h2-19H,1H3,(H,31,36)(H,32,34)(H,33,35)/b26-18-. The lowest BCUT2D eigenvalue weighted by Gasteiger charge is -2.13. The number of hydrogen-bond donors (Lipinski definition) is 3. The van der Waals surface area contributed by atoms with Gasteiger partial charge < -0.3 is 20.4 Å². The highest BCUT2D eigenvalue weighted by atomic mass is 32.2. The summed E-state index contributed by atoms with van der Waals surface area (Å²) in [4.78, 5) is 38.9. The lowest BCUT2D eigenvalue weighted by atomic mass is 10.2. The van der Waals surface area contributed by atoms with Crippen LogP contribution in [0.15, 0.2) is 112 Å². The molecule has 0 aliphatic carbocycles. The molecule has 1 aromatic heterocycles. The Balaban J connectivity index is 1.40. The zero-order valence-electron chi connectivity index (χ0n) is 20.3. The van der Waals surface area contributed by atoms with Gasteiger partial charge in [0.05, 0.1) is 17.2 Å². The van der Waals surface area contributed by atoms with Crippen molar-refractivity contribution in [2.75, 3.05) is 10.6 Å². The maximum absolute atomic E-state index is 13.8. The lowest BCUT2D eigenvalue weighted by Crippen LogP contribution is -2.30. The van der Waals surface area contributed by atoms with E-state index < -0.39 is 22.9 Å². The van der Waals surface area contributed by atoms with Gasteiger partial charge in [0.2, 0.25) is 5.91 Å². The van der Waals surface area contributed by atoms with Crippen LogP contribution in [0, 0.1) is 5.82 Å². The van der Waals surface area contributed by atoms with Crippen molar-refractivity contribution in [1.82, 2.24) is 5.32 Å². The fraction of sp³-hybridized carbons (Fsp3) is 0.0690. The van der Waals surface area contributed by atoms with Gasteiger partial charge in [0.15, 0.2) is 0 Å². The summed E-state index contributed by atoms with van der Waals surface area (Å²) in [6, 6.07) is 24.7. The van der Waals surface area contributed by atoms with E-state index in [-0.39, 0.29) is 17.3 Å². The summed E-state index contributed by atoms with van der Waals surface area (Å²) in [7, 11) is 0.